The molecule has 1 rings (SSSR count). The van der Waals surface area contributed by atoms with E-state index in [2.05, 4.69) is 5.32 Å². The van der Waals surface area contributed by atoms with E-state index in [4.69, 9.17) is 5.11 Å². The van der Waals surface area contributed by atoms with Gasteiger partial charge in [0, 0.05) is 19.2 Å². The van der Waals surface area contributed by atoms with E-state index in [0.29, 0.717) is 13.0 Å². The molecule has 8 heteroatoms. The topological polar surface area (TPSA) is 119 Å². The molecule has 8 nitrogen and oxygen atoms in total. The Hall–Kier alpha value is -2.22. The molecule has 0 saturated heterocycles. The average molecular weight is 269 g/mol. The second-order valence-electron chi connectivity index (χ2n) is 3.93. The Kier molecular flexibility index (Phi) is 5.68. The average Bonchev–Trinajstić information content (AvgIpc) is 2.38. The molecule has 104 valence electrons. The van der Waals surface area contributed by atoms with Crippen molar-refractivity contribution in [1.82, 2.24) is 0 Å². The van der Waals surface area contributed by atoms with Gasteiger partial charge in [0.05, 0.1) is 15.9 Å². The summed E-state index contributed by atoms with van der Waals surface area (Å²) < 4.78 is 0. The molecule has 0 aromatic heterocycles. The molecule has 19 heavy (non-hydrogen) atoms. The Balaban J connectivity index is 2.71. The number of hydrogen-bond donors (Lipinski definition) is 2. The summed E-state index contributed by atoms with van der Waals surface area (Å²) >= 11 is 0. The number of aliphatic hydroxyl groups is 1. The fourth-order valence-electron chi connectivity index (χ4n) is 1.57. The normalized spacial score (nSPS) is 10.2. The van der Waals surface area contributed by atoms with E-state index in [1.165, 1.54) is 12.1 Å². The molecular weight excluding hydrogens is 254 g/mol. The van der Waals surface area contributed by atoms with Crippen LogP contribution in [0.4, 0.5) is 17.1 Å². The van der Waals surface area contributed by atoms with Gasteiger partial charge in [0.15, 0.2) is 0 Å². The zero-order chi connectivity index (χ0) is 14.3. The maximum absolute atomic E-state index is 10.8. The van der Waals surface area contributed by atoms with Gasteiger partial charge in [-0.3, -0.25) is 20.2 Å². The lowest BCUT2D eigenvalue weighted by Gasteiger charge is -2.06. The predicted molar refractivity (Wildman–Crippen MR) is 69.2 cm³/mol. The van der Waals surface area contributed by atoms with Gasteiger partial charge in [-0.1, -0.05) is 0 Å². The molecule has 0 radical (unpaired) electrons. The molecule has 0 fully saturated rings. The van der Waals surface area contributed by atoms with Gasteiger partial charge in [-0.2, -0.15) is 0 Å². The molecule has 0 bridgehead atoms. The van der Waals surface area contributed by atoms with Crippen molar-refractivity contribution < 1.29 is 15.0 Å². The van der Waals surface area contributed by atoms with E-state index in [1.54, 1.807) is 0 Å². The van der Waals surface area contributed by atoms with Gasteiger partial charge in [-0.05, 0) is 25.3 Å². The highest BCUT2D eigenvalue weighted by atomic mass is 16.6. The first-order valence-electron chi connectivity index (χ1n) is 5.84. The molecule has 2 N–H and O–H groups in total. The van der Waals surface area contributed by atoms with Crippen molar-refractivity contribution in [1.29, 1.82) is 0 Å². The minimum Gasteiger partial charge on any atom is -0.396 e. The maximum atomic E-state index is 10.8. The number of anilines is 1. The molecule has 0 heterocycles. The maximum Gasteiger partial charge on any atom is 0.299 e. The summed E-state index contributed by atoms with van der Waals surface area (Å²) in [5.41, 5.74) is -0.353. The number of nitrogens with one attached hydrogen (secondary N) is 1. The molecule has 0 aliphatic heterocycles. The molecule has 1 aromatic rings. The molecule has 0 saturated carbocycles. The van der Waals surface area contributed by atoms with Gasteiger partial charge < -0.3 is 10.4 Å². The van der Waals surface area contributed by atoms with Crippen molar-refractivity contribution in [3.63, 3.8) is 0 Å². The summed E-state index contributed by atoms with van der Waals surface area (Å²) in [7, 11) is 0. The van der Waals surface area contributed by atoms with Crippen molar-refractivity contribution in [3.8, 4) is 0 Å². The van der Waals surface area contributed by atoms with Gasteiger partial charge in [-0.15, -0.1) is 0 Å². The van der Waals surface area contributed by atoms with Gasteiger partial charge in [0.2, 0.25) is 0 Å². The van der Waals surface area contributed by atoms with Crippen LogP contribution in [0.15, 0.2) is 18.2 Å². The zero-order valence-electron chi connectivity index (χ0n) is 10.2. The fraction of sp³-hybridized carbons (Fsp3) is 0.455. The van der Waals surface area contributed by atoms with Crippen molar-refractivity contribution in [2.45, 2.75) is 19.3 Å². The number of hydrogen-bond acceptors (Lipinski definition) is 6. The fourth-order valence-corrected chi connectivity index (χ4v) is 1.57. The first-order valence-corrected chi connectivity index (χ1v) is 5.84. The molecule has 0 spiro atoms. The zero-order valence-corrected chi connectivity index (χ0v) is 10.2. The minimum atomic E-state index is -0.669. The van der Waals surface area contributed by atoms with Crippen LogP contribution in [0.1, 0.15) is 19.3 Å². The van der Waals surface area contributed by atoms with E-state index in [1.807, 2.05) is 0 Å². The standard InChI is InChI=1S/C11H15N3O5/c15-7-3-1-2-6-12-10-5-4-9(13(16)17)8-11(10)14(18)19/h4-5,8,12,15H,1-3,6-7H2. The van der Waals surface area contributed by atoms with Gasteiger partial charge in [0.1, 0.15) is 5.69 Å². The van der Waals surface area contributed by atoms with E-state index in [9.17, 15) is 20.2 Å². The summed E-state index contributed by atoms with van der Waals surface area (Å²) in [6.07, 6.45) is 2.25. The van der Waals surface area contributed by atoms with Crippen LogP contribution in [0.2, 0.25) is 0 Å². The van der Waals surface area contributed by atoms with E-state index in [-0.39, 0.29) is 23.7 Å². The summed E-state index contributed by atoms with van der Waals surface area (Å²) in [6, 6.07) is 3.50. The highest BCUT2D eigenvalue weighted by Gasteiger charge is 2.18. The number of aliphatic hydroxyl groups excluding tert-OH is 1. The third kappa shape index (κ3) is 4.51. The number of nitro groups is 2. The first kappa shape index (κ1) is 14.8. The quantitative estimate of drug-likeness (QED) is 0.423. The number of non-ortho nitro benzene ring substituents is 1. The molecule has 0 amide bonds. The molecular formula is C11H15N3O5. The van der Waals surface area contributed by atoms with Crippen LogP contribution in [0, 0.1) is 20.2 Å². The smallest absolute Gasteiger partial charge is 0.299 e. The van der Waals surface area contributed by atoms with Crippen LogP contribution in [-0.2, 0) is 0 Å². The Labute approximate surface area is 109 Å². The minimum absolute atomic E-state index is 0.123. The molecule has 0 atom stereocenters. The van der Waals surface area contributed by atoms with E-state index >= 15 is 0 Å². The Morgan fingerprint density at radius 1 is 1.11 bits per heavy atom. The number of unbranched alkanes of at least 4 members (excludes halogenated alkanes) is 2. The van der Waals surface area contributed by atoms with Crippen LogP contribution >= 0.6 is 0 Å². The molecule has 0 aliphatic carbocycles. The lowest BCUT2D eigenvalue weighted by Crippen LogP contribution is -2.05. The molecule has 0 unspecified atom stereocenters. The lowest BCUT2D eigenvalue weighted by molar-refractivity contribution is -0.393. The second-order valence-corrected chi connectivity index (χ2v) is 3.93. The van der Waals surface area contributed by atoms with Crippen LogP contribution in [0.3, 0.4) is 0 Å². The van der Waals surface area contributed by atoms with Crippen molar-refractivity contribution >= 4 is 17.1 Å². The Bertz CT molecular complexity index is 464. The third-order valence-electron chi connectivity index (χ3n) is 2.54. The second kappa shape index (κ2) is 7.27. The number of nitro benzene ring substituents is 2. The number of benzene rings is 1. The van der Waals surface area contributed by atoms with Crippen molar-refractivity contribution in [3.05, 3.63) is 38.4 Å². The van der Waals surface area contributed by atoms with Crippen molar-refractivity contribution in [2.24, 2.45) is 0 Å². The summed E-state index contributed by atoms with van der Waals surface area (Å²) in [4.78, 5) is 20.1. The van der Waals surface area contributed by atoms with Crippen LogP contribution < -0.4 is 5.32 Å². The number of nitrogens with zero attached hydrogens (tertiary/aromatic N) is 2. The van der Waals surface area contributed by atoms with Crippen LogP contribution in [0.25, 0.3) is 0 Å². The first-order chi connectivity index (χ1) is 9.06. The van der Waals surface area contributed by atoms with Gasteiger partial charge in [0.25, 0.3) is 11.4 Å². The third-order valence-corrected chi connectivity index (χ3v) is 2.54. The van der Waals surface area contributed by atoms with E-state index in [0.717, 1.165) is 18.9 Å². The highest BCUT2D eigenvalue weighted by molar-refractivity contribution is 5.65. The molecule has 0 aliphatic rings. The van der Waals surface area contributed by atoms with Crippen LogP contribution in [-0.4, -0.2) is 28.1 Å². The number of rotatable bonds is 8. The van der Waals surface area contributed by atoms with E-state index < -0.39 is 9.85 Å². The summed E-state index contributed by atoms with van der Waals surface area (Å²) in [5, 5.41) is 32.9. The summed E-state index contributed by atoms with van der Waals surface area (Å²) in [6.45, 7) is 0.635. The van der Waals surface area contributed by atoms with Crippen molar-refractivity contribution in [2.75, 3.05) is 18.5 Å². The predicted octanol–water partition coefficient (Wildman–Crippen LogP) is 2.08. The largest absolute Gasteiger partial charge is 0.396 e. The lowest BCUT2D eigenvalue weighted by atomic mass is 10.2. The van der Waals surface area contributed by atoms with Crippen LogP contribution in [0.5, 0.6) is 0 Å². The van der Waals surface area contributed by atoms with Gasteiger partial charge >= 0.3 is 0 Å². The summed E-state index contributed by atoms with van der Waals surface area (Å²) in [5.74, 6) is 0. The SMILES string of the molecule is O=[N+]([O-])c1ccc(NCCCCCO)c([N+](=O)[O-])c1. The monoisotopic (exact) mass is 269 g/mol. The highest BCUT2D eigenvalue weighted by Crippen LogP contribution is 2.28. The Morgan fingerprint density at radius 2 is 1.84 bits per heavy atom. The molecule has 1 aromatic carbocycles. The van der Waals surface area contributed by atoms with Gasteiger partial charge in [-0.25, -0.2) is 0 Å². The Morgan fingerprint density at radius 3 is 2.42 bits per heavy atom.